The lowest BCUT2D eigenvalue weighted by molar-refractivity contribution is -0.137. The van der Waals surface area contributed by atoms with Crippen LogP contribution in [0.15, 0.2) is 24.5 Å². The molecule has 0 aromatic carbocycles. The lowest BCUT2D eigenvalue weighted by atomic mass is 10.1. The Balaban J connectivity index is 1.70. The minimum atomic E-state index is -4.43. The second-order valence-electron chi connectivity index (χ2n) is 7.25. The molecular weight excluding hydrogens is 331 g/mol. The van der Waals surface area contributed by atoms with Crippen LogP contribution in [-0.4, -0.2) is 20.5 Å². The first-order valence-corrected chi connectivity index (χ1v) is 8.39. The van der Waals surface area contributed by atoms with Gasteiger partial charge in [-0.3, -0.25) is 14.5 Å². The number of nitrogens with zero attached hydrogens (tertiary/aromatic N) is 3. The van der Waals surface area contributed by atoms with Crippen molar-refractivity contribution in [1.82, 2.24) is 14.8 Å². The number of halogens is 3. The number of pyridine rings is 1. The van der Waals surface area contributed by atoms with Gasteiger partial charge in [-0.1, -0.05) is 0 Å². The molecule has 1 unspecified atom stereocenters. The first-order valence-electron chi connectivity index (χ1n) is 8.39. The van der Waals surface area contributed by atoms with E-state index in [9.17, 15) is 18.0 Å². The molecule has 0 bridgehead atoms. The molecule has 0 saturated heterocycles. The van der Waals surface area contributed by atoms with E-state index in [1.165, 1.54) is 6.20 Å². The Hall–Kier alpha value is -2.18. The van der Waals surface area contributed by atoms with Crippen molar-refractivity contribution >= 4 is 5.78 Å². The number of carbonyl (C=O) groups excluding carboxylic acids is 1. The summed E-state index contributed by atoms with van der Waals surface area (Å²) in [5.41, 5.74) is 1.10. The number of carbonyl (C=O) groups is 1. The molecule has 2 aromatic rings. The lowest BCUT2D eigenvalue weighted by Gasteiger charge is -2.11. The van der Waals surface area contributed by atoms with Gasteiger partial charge < -0.3 is 0 Å². The van der Waals surface area contributed by atoms with Crippen LogP contribution in [0.4, 0.5) is 13.2 Å². The number of hydrogen-bond donors (Lipinski definition) is 0. The summed E-state index contributed by atoms with van der Waals surface area (Å²) in [4.78, 5) is 15.2. The Morgan fingerprint density at radius 2 is 1.84 bits per heavy atom. The van der Waals surface area contributed by atoms with Crippen LogP contribution in [0.5, 0.6) is 0 Å². The summed E-state index contributed by atoms with van der Waals surface area (Å²) in [6.45, 7) is 3.99. The second kappa shape index (κ2) is 5.41. The van der Waals surface area contributed by atoms with Gasteiger partial charge in [0.25, 0.3) is 0 Å². The highest BCUT2D eigenvalue weighted by Gasteiger charge is 2.57. The van der Waals surface area contributed by atoms with Crippen LogP contribution in [0, 0.1) is 11.8 Å². The Labute approximate surface area is 143 Å². The maximum Gasteiger partial charge on any atom is 0.417 e. The predicted octanol–water partition coefficient (Wildman–Crippen LogP) is 4.24. The highest BCUT2D eigenvalue weighted by Crippen LogP contribution is 2.62. The minimum Gasteiger partial charge on any atom is -0.300 e. The fourth-order valence-electron chi connectivity index (χ4n) is 4.00. The van der Waals surface area contributed by atoms with Crippen LogP contribution in [0.1, 0.15) is 49.9 Å². The van der Waals surface area contributed by atoms with Crippen LogP contribution in [0.2, 0.25) is 0 Å². The van der Waals surface area contributed by atoms with Crippen LogP contribution in [-0.2, 0) is 11.0 Å². The van der Waals surface area contributed by atoms with Crippen molar-refractivity contribution in [1.29, 1.82) is 0 Å². The number of fused-ring (bicyclic) bond motifs is 1. The molecule has 3 atom stereocenters. The highest BCUT2D eigenvalue weighted by atomic mass is 19.4. The molecule has 2 heterocycles. The zero-order valence-corrected chi connectivity index (χ0v) is 13.9. The van der Waals surface area contributed by atoms with Crippen molar-refractivity contribution in [2.24, 2.45) is 11.8 Å². The summed E-state index contributed by atoms with van der Waals surface area (Å²) in [5.74, 6) is 1.34. The molecule has 2 aliphatic carbocycles. The van der Waals surface area contributed by atoms with Gasteiger partial charge in [-0.2, -0.15) is 18.3 Å². The second-order valence-corrected chi connectivity index (χ2v) is 7.25. The molecule has 4 nitrogen and oxygen atoms in total. The third kappa shape index (κ3) is 2.75. The minimum absolute atomic E-state index is 0.0968. The van der Waals surface area contributed by atoms with E-state index >= 15 is 0 Å². The molecule has 2 fully saturated rings. The summed E-state index contributed by atoms with van der Waals surface area (Å²) in [6, 6.07) is 3.05. The quantitative estimate of drug-likeness (QED) is 0.833. The van der Waals surface area contributed by atoms with E-state index in [-0.39, 0.29) is 6.04 Å². The van der Waals surface area contributed by atoms with E-state index < -0.39 is 11.7 Å². The fraction of sp³-hybridized carbons (Fsp3) is 0.500. The Morgan fingerprint density at radius 1 is 1.16 bits per heavy atom. The number of Topliss-reactive ketones (excluding diaryl/α,β-unsaturated/α-hetero) is 1. The molecule has 0 spiro atoms. The number of aromatic nitrogens is 3. The molecule has 7 heteroatoms. The molecule has 4 rings (SSSR count). The zero-order chi connectivity index (χ0) is 17.9. The average molecular weight is 349 g/mol. The topological polar surface area (TPSA) is 47.8 Å². The van der Waals surface area contributed by atoms with Crippen LogP contribution in [0.25, 0.3) is 11.3 Å². The summed E-state index contributed by atoms with van der Waals surface area (Å²) < 4.78 is 40.7. The first kappa shape index (κ1) is 16.3. The van der Waals surface area contributed by atoms with Gasteiger partial charge in [0, 0.05) is 48.5 Å². The van der Waals surface area contributed by atoms with Gasteiger partial charge in [-0.05, 0) is 37.8 Å². The normalized spacial score (nSPS) is 25.5. The van der Waals surface area contributed by atoms with Crippen molar-refractivity contribution in [3.8, 4) is 11.3 Å². The number of ketones is 1. The van der Waals surface area contributed by atoms with Gasteiger partial charge in [0.2, 0.25) is 0 Å². The van der Waals surface area contributed by atoms with Crippen LogP contribution in [0.3, 0.4) is 0 Å². The van der Waals surface area contributed by atoms with E-state index in [0.29, 0.717) is 47.6 Å². The third-order valence-electron chi connectivity index (χ3n) is 5.21. The fourth-order valence-corrected chi connectivity index (χ4v) is 4.00. The van der Waals surface area contributed by atoms with E-state index in [4.69, 9.17) is 0 Å². The SMILES string of the molecule is CC(C)n1nc(-c2cncc(C(F)(F)F)c2)cc1C1[C@H]2CC(=O)C[C@@H]12. The molecule has 0 radical (unpaired) electrons. The van der Waals surface area contributed by atoms with Crippen LogP contribution < -0.4 is 0 Å². The maximum atomic E-state index is 12.9. The summed E-state index contributed by atoms with van der Waals surface area (Å²) >= 11 is 0. The van der Waals surface area contributed by atoms with Crippen molar-refractivity contribution in [2.75, 3.05) is 0 Å². The van der Waals surface area contributed by atoms with E-state index in [1.54, 1.807) is 0 Å². The summed E-state index contributed by atoms with van der Waals surface area (Å²) in [5, 5.41) is 4.54. The summed E-state index contributed by atoms with van der Waals surface area (Å²) in [7, 11) is 0. The number of rotatable bonds is 3. The lowest BCUT2D eigenvalue weighted by Crippen LogP contribution is -2.09. The van der Waals surface area contributed by atoms with E-state index in [2.05, 4.69) is 10.1 Å². The largest absolute Gasteiger partial charge is 0.417 e. The smallest absolute Gasteiger partial charge is 0.300 e. The van der Waals surface area contributed by atoms with Crippen LogP contribution >= 0.6 is 0 Å². The Bertz CT molecular complexity index is 826. The number of hydrogen-bond acceptors (Lipinski definition) is 3. The maximum absolute atomic E-state index is 12.9. The van der Waals surface area contributed by atoms with Gasteiger partial charge in [0.15, 0.2) is 0 Å². The molecule has 132 valence electrons. The molecule has 25 heavy (non-hydrogen) atoms. The Kier molecular flexibility index (Phi) is 3.53. The molecule has 0 amide bonds. The Morgan fingerprint density at radius 3 is 2.44 bits per heavy atom. The van der Waals surface area contributed by atoms with Gasteiger partial charge in [0.05, 0.1) is 11.3 Å². The average Bonchev–Trinajstić information content (AvgIpc) is 2.90. The monoisotopic (exact) mass is 349 g/mol. The standard InChI is InChI=1S/C18H18F3N3O/c1-9(2)24-16(17-13-4-12(25)5-14(13)17)6-15(23-24)10-3-11(8-22-7-10)18(19,20)21/h3,6-9,13-14,17H,4-5H2,1-2H3/t13-,14+,17?. The molecule has 2 saturated carbocycles. The molecular formula is C18H18F3N3O. The molecule has 0 N–H and O–H groups in total. The third-order valence-corrected chi connectivity index (χ3v) is 5.21. The zero-order valence-electron chi connectivity index (χ0n) is 13.9. The first-order chi connectivity index (χ1) is 11.8. The van der Waals surface area contributed by atoms with Gasteiger partial charge >= 0.3 is 6.18 Å². The van der Waals surface area contributed by atoms with E-state index in [1.807, 2.05) is 24.6 Å². The van der Waals surface area contributed by atoms with Gasteiger partial charge in [-0.25, -0.2) is 0 Å². The van der Waals surface area contributed by atoms with Gasteiger partial charge in [-0.15, -0.1) is 0 Å². The molecule has 0 aliphatic heterocycles. The van der Waals surface area contributed by atoms with Gasteiger partial charge in [0.1, 0.15) is 5.78 Å². The molecule has 2 aliphatic rings. The van der Waals surface area contributed by atoms with Crippen molar-refractivity contribution in [3.05, 3.63) is 35.8 Å². The highest BCUT2D eigenvalue weighted by molar-refractivity contribution is 5.83. The predicted molar refractivity (Wildman–Crippen MR) is 84.8 cm³/mol. The molecule has 2 aromatic heterocycles. The van der Waals surface area contributed by atoms with Crippen molar-refractivity contribution < 1.29 is 18.0 Å². The van der Waals surface area contributed by atoms with Crippen molar-refractivity contribution in [2.45, 2.75) is 44.8 Å². The number of alkyl halides is 3. The summed E-state index contributed by atoms with van der Waals surface area (Å²) in [6.07, 6.45) is -0.984. The van der Waals surface area contributed by atoms with E-state index in [0.717, 1.165) is 18.0 Å². The van der Waals surface area contributed by atoms with Crippen molar-refractivity contribution in [3.63, 3.8) is 0 Å².